The highest BCUT2D eigenvalue weighted by atomic mass is 32.1. The molecule has 84 valence electrons. The Labute approximate surface area is 95.5 Å². The molecule has 1 N–H and O–H groups in total. The van der Waals surface area contributed by atoms with Gasteiger partial charge >= 0.3 is 0 Å². The van der Waals surface area contributed by atoms with Gasteiger partial charge in [-0.15, -0.1) is 11.3 Å². The second-order valence-corrected chi connectivity index (χ2v) is 5.28. The fourth-order valence-electron chi connectivity index (χ4n) is 2.11. The number of hydrogen-bond donors (Lipinski definition) is 1. The summed E-state index contributed by atoms with van der Waals surface area (Å²) in [6.45, 7) is 3.37. The Bertz CT molecular complexity index is 267. The predicted molar refractivity (Wildman–Crippen MR) is 64.1 cm³/mol. The minimum atomic E-state index is 0.691. The number of rotatable bonds is 4. The second-order valence-electron chi connectivity index (χ2n) is 4.31. The third-order valence-electron chi connectivity index (χ3n) is 2.85. The zero-order chi connectivity index (χ0) is 10.5. The molecule has 0 aliphatic carbocycles. The van der Waals surface area contributed by atoms with Crippen molar-refractivity contribution in [1.82, 2.24) is 15.2 Å². The van der Waals surface area contributed by atoms with Crippen molar-refractivity contribution in [3.63, 3.8) is 0 Å². The van der Waals surface area contributed by atoms with Crippen molar-refractivity contribution in [1.29, 1.82) is 0 Å². The lowest BCUT2D eigenvalue weighted by molar-refractivity contribution is 0.258. The van der Waals surface area contributed by atoms with Crippen LogP contribution in [-0.4, -0.2) is 36.1 Å². The Morgan fingerprint density at radius 3 is 3.20 bits per heavy atom. The van der Waals surface area contributed by atoms with E-state index in [1.165, 1.54) is 30.7 Å². The minimum absolute atomic E-state index is 0.691. The van der Waals surface area contributed by atoms with E-state index in [1.807, 2.05) is 11.7 Å². The van der Waals surface area contributed by atoms with Crippen LogP contribution < -0.4 is 5.32 Å². The van der Waals surface area contributed by atoms with Crippen molar-refractivity contribution in [2.24, 2.45) is 0 Å². The molecule has 1 fully saturated rings. The first-order valence-electron chi connectivity index (χ1n) is 5.64. The van der Waals surface area contributed by atoms with E-state index in [0.29, 0.717) is 6.04 Å². The lowest BCUT2D eigenvalue weighted by Crippen LogP contribution is -2.42. The van der Waals surface area contributed by atoms with Gasteiger partial charge in [-0.05, 0) is 26.4 Å². The summed E-state index contributed by atoms with van der Waals surface area (Å²) in [6, 6.07) is 0.691. The molecule has 1 aliphatic rings. The van der Waals surface area contributed by atoms with Crippen LogP contribution in [0.5, 0.6) is 0 Å². The first kappa shape index (κ1) is 11.0. The SMILES string of the molecule is CN(Cc1cncs1)C[C@@H]1CCCCN1. The maximum atomic E-state index is 4.10. The highest BCUT2D eigenvalue weighted by molar-refractivity contribution is 7.09. The summed E-state index contributed by atoms with van der Waals surface area (Å²) in [6.07, 6.45) is 6.02. The molecule has 1 aliphatic heterocycles. The highest BCUT2D eigenvalue weighted by Gasteiger charge is 2.14. The van der Waals surface area contributed by atoms with Gasteiger partial charge in [-0.3, -0.25) is 9.88 Å². The van der Waals surface area contributed by atoms with Crippen molar-refractivity contribution >= 4 is 11.3 Å². The molecule has 2 rings (SSSR count). The molecule has 1 saturated heterocycles. The van der Waals surface area contributed by atoms with Gasteiger partial charge < -0.3 is 5.32 Å². The van der Waals surface area contributed by atoms with Crippen LogP contribution in [0.3, 0.4) is 0 Å². The molecule has 2 heterocycles. The molecule has 4 heteroatoms. The van der Waals surface area contributed by atoms with Gasteiger partial charge in [0.25, 0.3) is 0 Å². The van der Waals surface area contributed by atoms with Crippen molar-refractivity contribution in [3.05, 3.63) is 16.6 Å². The molecule has 15 heavy (non-hydrogen) atoms. The maximum Gasteiger partial charge on any atom is 0.0794 e. The van der Waals surface area contributed by atoms with Gasteiger partial charge in [0.05, 0.1) is 5.51 Å². The molecular weight excluding hydrogens is 206 g/mol. The average Bonchev–Trinajstić information content (AvgIpc) is 2.71. The molecular formula is C11H19N3S. The van der Waals surface area contributed by atoms with E-state index in [-0.39, 0.29) is 0 Å². The van der Waals surface area contributed by atoms with Gasteiger partial charge in [0.15, 0.2) is 0 Å². The number of nitrogens with zero attached hydrogens (tertiary/aromatic N) is 2. The molecule has 0 radical (unpaired) electrons. The molecule has 0 spiro atoms. The van der Waals surface area contributed by atoms with E-state index in [0.717, 1.165) is 13.1 Å². The van der Waals surface area contributed by atoms with E-state index in [1.54, 1.807) is 11.3 Å². The molecule has 1 aromatic heterocycles. The summed E-state index contributed by atoms with van der Waals surface area (Å²) in [4.78, 5) is 7.84. The summed E-state index contributed by atoms with van der Waals surface area (Å²) in [5.41, 5.74) is 1.90. The normalized spacial score (nSPS) is 22.1. The first-order valence-corrected chi connectivity index (χ1v) is 6.52. The van der Waals surface area contributed by atoms with Crippen LogP contribution in [0.1, 0.15) is 24.1 Å². The first-order chi connectivity index (χ1) is 7.34. The molecule has 1 aromatic rings. The Morgan fingerprint density at radius 2 is 2.53 bits per heavy atom. The number of likely N-dealkylation sites (N-methyl/N-ethyl adjacent to an activating group) is 1. The summed E-state index contributed by atoms with van der Waals surface area (Å²) in [5, 5.41) is 3.58. The van der Waals surface area contributed by atoms with E-state index < -0.39 is 0 Å². The zero-order valence-electron chi connectivity index (χ0n) is 9.28. The minimum Gasteiger partial charge on any atom is -0.313 e. The summed E-state index contributed by atoms with van der Waals surface area (Å²) in [7, 11) is 2.19. The fraction of sp³-hybridized carbons (Fsp3) is 0.727. The van der Waals surface area contributed by atoms with Gasteiger partial charge in [-0.1, -0.05) is 6.42 Å². The topological polar surface area (TPSA) is 28.2 Å². The Morgan fingerprint density at radius 1 is 1.60 bits per heavy atom. The lowest BCUT2D eigenvalue weighted by atomic mass is 10.0. The van der Waals surface area contributed by atoms with Crippen molar-refractivity contribution in [2.75, 3.05) is 20.1 Å². The number of aromatic nitrogens is 1. The van der Waals surface area contributed by atoms with Crippen LogP contribution in [0.25, 0.3) is 0 Å². The monoisotopic (exact) mass is 225 g/mol. The van der Waals surface area contributed by atoms with E-state index >= 15 is 0 Å². The smallest absolute Gasteiger partial charge is 0.0794 e. The van der Waals surface area contributed by atoms with Gasteiger partial charge in [0.1, 0.15) is 0 Å². The quantitative estimate of drug-likeness (QED) is 0.845. The predicted octanol–water partition coefficient (Wildman–Crippen LogP) is 1.72. The van der Waals surface area contributed by atoms with Crippen LogP contribution in [0.4, 0.5) is 0 Å². The Balaban J connectivity index is 1.74. The number of nitrogens with one attached hydrogen (secondary N) is 1. The van der Waals surface area contributed by atoms with E-state index in [2.05, 4.69) is 22.2 Å². The van der Waals surface area contributed by atoms with Crippen LogP contribution in [0.2, 0.25) is 0 Å². The Hall–Kier alpha value is -0.450. The van der Waals surface area contributed by atoms with Crippen molar-refractivity contribution in [3.8, 4) is 0 Å². The molecule has 0 amide bonds. The van der Waals surface area contributed by atoms with Gasteiger partial charge in [0, 0.05) is 30.2 Å². The second kappa shape index (κ2) is 5.58. The van der Waals surface area contributed by atoms with E-state index in [9.17, 15) is 0 Å². The Kier molecular flexibility index (Phi) is 4.11. The zero-order valence-corrected chi connectivity index (χ0v) is 10.1. The number of piperidine rings is 1. The standard InChI is InChI=1S/C11H19N3S/c1-14(8-11-6-12-9-15-11)7-10-4-2-3-5-13-10/h6,9-10,13H,2-5,7-8H2,1H3/t10-/m0/s1. The number of thiazole rings is 1. The van der Waals surface area contributed by atoms with Gasteiger partial charge in [-0.25, -0.2) is 0 Å². The molecule has 0 saturated carbocycles. The molecule has 0 unspecified atom stereocenters. The molecule has 3 nitrogen and oxygen atoms in total. The van der Waals surface area contributed by atoms with Gasteiger partial charge in [-0.2, -0.15) is 0 Å². The third-order valence-corrected chi connectivity index (χ3v) is 3.62. The van der Waals surface area contributed by atoms with E-state index in [4.69, 9.17) is 0 Å². The molecule has 0 bridgehead atoms. The summed E-state index contributed by atoms with van der Waals surface area (Å²) in [5.74, 6) is 0. The molecule has 0 aromatic carbocycles. The lowest BCUT2D eigenvalue weighted by Gasteiger charge is -2.27. The van der Waals surface area contributed by atoms with Crippen molar-refractivity contribution in [2.45, 2.75) is 31.8 Å². The van der Waals surface area contributed by atoms with Crippen LogP contribution >= 0.6 is 11.3 Å². The van der Waals surface area contributed by atoms with Crippen LogP contribution in [0.15, 0.2) is 11.7 Å². The maximum absolute atomic E-state index is 4.10. The molecule has 1 atom stereocenters. The van der Waals surface area contributed by atoms with Crippen LogP contribution in [-0.2, 0) is 6.54 Å². The largest absolute Gasteiger partial charge is 0.313 e. The van der Waals surface area contributed by atoms with Gasteiger partial charge in [0.2, 0.25) is 0 Å². The third kappa shape index (κ3) is 3.55. The van der Waals surface area contributed by atoms with Crippen molar-refractivity contribution < 1.29 is 0 Å². The average molecular weight is 225 g/mol. The summed E-state index contributed by atoms with van der Waals surface area (Å²) < 4.78 is 0. The summed E-state index contributed by atoms with van der Waals surface area (Å²) >= 11 is 1.74. The highest BCUT2D eigenvalue weighted by Crippen LogP contribution is 2.11. The van der Waals surface area contributed by atoms with Crippen LogP contribution in [0, 0.1) is 0 Å². The number of hydrogen-bond acceptors (Lipinski definition) is 4. The fourth-order valence-corrected chi connectivity index (χ4v) is 2.78.